The zero-order valence-electron chi connectivity index (χ0n) is 12.0. The van der Waals surface area contributed by atoms with Gasteiger partial charge in [-0.05, 0) is 37.5 Å². The SMILES string of the molecule is CC1(CN=C(N)N2CCCCC2)CCCCCC1. The zero-order valence-corrected chi connectivity index (χ0v) is 12.0. The van der Waals surface area contributed by atoms with Gasteiger partial charge in [0.1, 0.15) is 0 Å². The van der Waals surface area contributed by atoms with Crippen LogP contribution in [0, 0.1) is 5.41 Å². The van der Waals surface area contributed by atoms with Crippen molar-refractivity contribution in [2.75, 3.05) is 19.6 Å². The molecule has 0 unspecified atom stereocenters. The van der Waals surface area contributed by atoms with Gasteiger partial charge in [-0.15, -0.1) is 0 Å². The van der Waals surface area contributed by atoms with Crippen LogP contribution in [0.4, 0.5) is 0 Å². The van der Waals surface area contributed by atoms with Crippen LogP contribution < -0.4 is 5.73 Å². The fourth-order valence-electron chi connectivity index (χ4n) is 3.24. The van der Waals surface area contributed by atoms with Gasteiger partial charge in [0.2, 0.25) is 0 Å². The van der Waals surface area contributed by atoms with E-state index in [-0.39, 0.29) is 0 Å². The van der Waals surface area contributed by atoms with Gasteiger partial charge in [-0.2, -0.15) is 0 Å². The Balaban J connectivity index is 1.87. The lowest BCUT2D eigenvalue weighted by Crippen LogP contribution is -2.41. The summed E-state index contributed by atoms with van der Waals surface area (Å²) >= 11 is 0. The van der Waals surface area contributed by atoms with E-state index < -0.39 is 0 Å². The fraction of sp³-hybridized carbons (Fsp3) is 0.933. The molecule has 1 saturated carbocycles. The van der Waals surface area contributed by atoms with Crippen LogP contribution in [0.1, 0.15) is 64.7 Å². The molecule has 0 radical (unpaired) electrons. The standard InChI is InChI=1S/C15H29N3/c1-15(9-5-2-3-6-10-15)13-17-14(16)18-11-7-4-8-12-18/h2-13H2,1H3,(H2,16,17). The van der Waals surface area contributed by atoms with Crippen LogP contribution in [-0.2, 0) is 0 Å². The molecule has 0 bridgehead atoms. The maximum Gasteiger partial charge on any atom is 0.191 e. The van der Waals surface area contributed by atoms with Crippen molar-refractivity contribution in [2.45, 2.75) is 64.7 Å². The second-order valence-corrected chi connectivity index (χ2v) is 6.45. The topological polar surface area (TPSA) is 41.6 Å². The first-order valence-corrected chi connectivity index (χ1v) is 7.75. The Kier molecular flexibility index (Phi) is 4.90. The molecule has 1 aliphatic carbocycles. The van der Waals surface area contributed by atoms with E-state index in [1.165, 1.54) is 57.8 Å². The average Bonchev–Trinajstić information content (AvgIpc) is 2.62. The summed E-state index contributed by atoms with van der Waals surface area (Å²) in [4.78, 5) is 6.97. The van der Waals surface area contributed by atoms with Crippen molar-refractivity contribution in [1.82, 2.24) is 4.90 Å². The Morgan fingerprint density at radius 2 is 1.56 bits per heavy atom. The molecule has 3 nitrogen and oxygen atoms in total. The molecule has 0 aromatic heterocycles. The third-order valence-electron chi connectivity index (χ3n) is 4.61. The third-order valence-corrected chi connectivity index (χ3v) is 4.61. The molecule has 1 aliphatic heterocycles. The van der Waals surface area contributed by atoms with E-state index in [1.807, 2.05) is 0 Å². The van der Waals surface area contributed by atoms with Gasteiger partial charge in [0, 0.05) is 19.6 Å². The number of hydrogen-bond donors (Lipinski definition) is 1. The number of aliphatic imine (C=N–C) groups is 1. The van der Waals surface area contributed by atoms with Gasteiger partial charge in [-0.3, -0.25) is 4.99 Å². The number of nitrogens with zero attached hydrogens (tertiary/aromatic N) is 2. The minimum Gasteiger partial charge on any atom is -0.370 e. The average molecular weight is 251 g/mol. The first kappa shape index (κ1) is 13.7. The van der Waals surface area contributed by atoms with Crippen LogP contribution in [0.15, 0.2) is 4.99 Å². The third kappa shape index (κ3) is 3.89. The first-order chi connectivity index (χ1) is 8.70. The molecular weight excluding hydrogens is 222 g/mol. The number of piperidine rings is 1. The number of rotatable bonds is 2. The van der Waals surface area contributed by atoms with Crippen molar-refractivity contribution in [3.63, 3.8) is 0 Å². The highest BCUT2D eigenvalue weighted by Gasteiger charge is 2.25. The molecule has 3 heteroatoms. The van der Waals surface area contributed by atoms with E-state index in [9.17, 15) is 0 Å². The maximum atomic E-state index is 6.14. The summed E-state index contributed by atoms with van der Waals surface area (Å²) in [6, 6.07) is 0. The molecule has 104 valence electrons. The van der Waals surface area contributed by atoms with Gasteiger partial charge in [0.15, 0.2) is 5.96 Å². The largest absolute Gasteiger partial charge is 0.370 e. The molecule has 2 fully saturated rings. The summed E-state index contributed by atoms with van der Waals surface area (Å²) in [5, 5.41) is 0. The molecule has 0 aromatic rings. The van der Waals surface area contributed by atoms with Gasteiger partial charge >= 0.3 is 0 Å². The highest BCUT2D eigenvalue weighted by Crippen LogP contribution is 2.34. The Morgan fingerprint density at radius 3 is 2.17 bits per heavy atom. The van der Waals surface area contributed by atoms with E-state index >= 15 is 0 Å². The zero-order chi connectivity index (χ0) is 12.8. The molecule has 0 atom stereocenters. The summed E-state index contributed by atoms with van der Waals surface area (Å²) in [5.74, 6) is 0.792. The highest BCUT2D eigenvalue weighted by atomic mass is 15.3. The molecule has 2 rings (SSSR count). The summed E-state index contributed by atoms with van der Waals surface area (Å²) in [6.45, 7) is 5.53. The maximum absolute atomic E-state index is 6.14. The van der Waals surface area contributed by atoms with E-state index in [0.29, 0.717) is 5.41 Å². The van der Waals surface area contributed by atoms with Crippen LogP contribution in [0.2, 0.25) is 0 Å². The molecule has 18 heavy (non-hydrogen) atoms. The van der Waals surface area contributed by atoms with Crippen molar-refractivity contribution in [1.29, 1.82) is 0 Å². The van der Waals surface area contributed by atoms with Crippen molar-refractivity contribution in [2.24, 2.45) is 16.1 Å². The fourth-order valence-corrected chi connectivity index (χ4v) is 3.24. The number of guanidine groups is 1. The molecule has 1 heterocycles. The van der Waals surface area contributed by atoms with Crippen molar-refractivity contribution in [3.8, 4) is 0 Å². The molecule has 0 spiro atoms. The highest BCUT2D eigenvalue weighted by molar-refractivity contribution is 5.78. The number of nitrogens with two attached hydrogens (primary N) is 1. The molecular formula is C15H29N3. The second-order valence-electron chi connectivity index (χ2n) is 6.45. The molecule has 1 saturated heterocycles. The first-order valence-electron chi connectivity index (χ1n) is 7.75. The smallest absolute Gasteiger partial charge is 0.191 e. The van der Waals surface area contributed by atoms with Crippen LogP contribution in [0.5, 0.6) is 0 Å². The van der Waals surface area contributed by atoms with Gasteiger partial charge in [0.25, 0.3) is 0 Å². The van der Waals surface area contributed by atoms with E-state index in [4.69, 9.17) is 10.7 Å². The van der Waals surface area contributed by atoms with Crippen LogP contribution in [-0.4, -0.2) is 30.5 Å². The Labute approximate surface area is 112 Å². The normalized spacial score (nSPS) is 25.8. The lowest BCUT2D eigenvalue weighted by Gasteiger charge is -2.30. The van der Waals surface area contributed by atoms with Crippen molar-refractivity contribution in [3.05, 3.63) is 0 Å². The van der Waals surface area contributed by atoms with Crippen LogP contribution >= 0.6 is 0 Å². The van der Waals surface area contributed by atoms with Crippen LogP contribution in [0.25, 0.3) is 0 Å². The Morgan fingerprint density at radius 1 is 1.00 bits per heavy atom. The van der Waals surface area contributed by atoms with Gasteiger partial charge in [0.05, 0.1) is 0 Å². The molecule has 0 amide bonds. The summed E-state index contributed by atoms with van der Waals surface area (Å²) < 4.78 is 0. The lowest BCUT2D eigenvalue weighted by molar-refractivity contribution is 0.285. The van der Waals surface area contributed by atoms with Gasteiger partial charge in [-0.25, -0.2) is 0 Å². The minimum absolute atomic E-state index is 0.400. The van der Waals surface area contributed by atoms with Crippen molar-refractivity contribution < 1.29 is 0 Å². The Hall–Kier alpha value is -0.730. The number of likely N-dealkylation sites (tertiary alicyclic amines) is 1. The van der Waals surface area contributed by atoms with Crippen molar-refractivity contribution >= 4 is 5.96 Å². The molecule has 2 N–H and O–H groups in total. The predicted octanol–water partition coefficient (Wildman–Crippen LogP) is 3.15. The van der Waals surface area contributed by atoms with Crippen LogP contribution in [0.3, 0.4) is 0 Å². The lowest BCUT2D eigenvalue weighted by atomic mass is 9.83. The van der Waals surface area contributed by atoms with E-state index in [0.717, 1.165) is 25.6 Å². The summed E-state index contributed by atoms with van der Waals surface area (Å²) in [6.07, 6.45) is 12.1. The molecule has 2 aliphatic rings. The van der Waals surface area contributed by atoms with Gasteiger partial charge in [-0.1, -0.05) is 32.6 Å². The quantitative estimate of drug-likeness (QED) is 0.465. The Bertz CT molecular complexity index is 271. The monoisotopic (exact) mass is 251 g/mol. The summed E-state index contributed by atoms with van der Waals surface area (Å²) in [7, 11) is 0. The second kappa shape index (κ2) is 6.44. The number of hydrogen-bond acceptors (Lipinski definition) is 1. The minimum atomic E-state index is 0.400. The van der Waals surface area contributed by atoms with E-state index in [1.54, 1.807) is 0 Å². The van der Waals surface area contributed by atoms with Gasteiger partial charge < -0.3 is 10.6 Å². The molecule has 0 aromatic carbocycles. The van der Waals surface area contributed by atoms with E-state index in [2.05, 4.69) is 11.8 Å². The summed E-state index contributed by atoms with van der Waals surface area (Å²) in [5.41, 5.74) is 6.54. The predicted molar refractivity (Wildman–Crippen MR) is 77.7 cm³/mol.